The van der Waals surface area contributed by atoms with Gasteiger partial charge >= 0.3 is 0 Å². The van der Waals surface area contributed by atoms with Gasteiger partial charge in [0.15, 0.2) is 0 Å². The number of carbonyl (C=O) groups is 1. The van der Waals surface area contributed by atoms with E-state index in [9.17, 15) is 13.2 Å². The summed E-state index contributed by atoms with van der Waals surface area (Å²) in [5.41, 5.74) is 2.84. The summed E-state index contributed by atoms with van der Waals surface area (Å²) in [6, 6.07) is 17.2. The van der Waals surface area contributed by atoms with E-state index in [1.807, 2.05) is 24.3 Å². The number of sulfonamides is 1. The fraction of sp³-hybridized carbons (Fsp3) is 0.143. The minimum Gasteiger partial charge on any atom is -0.352 e. The second-order valence-electron chi connectivity index (χ2n) is 6.78. The monoisotopic (exact) mass is 474 g/mol. The average Bonchev–Trinajstić information content (AvgIpc) is 3.38. The lowest BCUT2D eigenvalue weighted by Crippen LogP contribution is -2.25. The molecule has 0 atom stereocenters. The molecular formula is C21H19ClN4O3S2. The van der Waals surface area contributed by atoms with Gasteiger partial charge in [0.1, 0.15) is 4.21 Å². The van der Waals surface area contributed by atoms with Crippen LogP contribution in [0, 0.1) is 0 Å². The van der Waals surface area contributed by atoms with Crippen LogP contribution in [0.5, 0.6) is 0 Å². The van der Waals surface area contributed by atoms with Crippen molar-refractivity contribution in [3.05, 3.63) is 76.9 Å². The summed E-state index contributed by atoms with van der Waals surface area (Å²) >= 11 is 6.79. The van der Waals surface area contributed by atoms with Crippen LogP contribution >= 0.6 is 22.9 Å². The van der Waals surface area contributed by atoms with E-state index < -0.39 is 10.0 Å². The Balaban J connectivity index is 1.29. The molecule has 0 saturated heterocycles. The normalized spacial score (nSPS) is 11.5. The van der Waals surface area contributed by atoms with Crippen LogP contribution in [0.25, 0.3) is 11.0 Å². The summed E-state index contributed by atoms with van der Waals surface area (Å²) in [5, 5.41) is 2.88. The van der Waals surface area contributed by atoms with Gasteiger partial charge in [-0.25, -0.2) is 13.4 Å². The zero-order valence-electron chi connectivity index (χ0n) is 16.3. The number of imidazole rings is 1. The summed E-state index contributed by atoms with van der Waals surface area (Å²) in [7, 11) is -3.70. The van der Waals surface area contributed by atoms with E-state index >= 15 is 0 Å². The number of para-hydroxylation sites is 2. The molecular weight excluding hydrogens is 456 g/mol. The Morgan fingerprint density at radius 3 is 2.58 bits per heavy atom. The Hall–Kier alpha value is -2.88. The van der Waals surface area contributed by atoms with E-state index in [1.165, 1.54) is 12.1 Å². The molecule has 2 heterocycles. The number of nitrogens with zero attached hydrogens (tertiary/aromatic N) is 2. The molecule has 0 spiro atoms. The van der Waals surface area contributed by atoms with E-state index in [0.717, 1.165) is 35.3 Å². The first-order chi connectivity index (χ1) is 14.9. The van der Waals surface area contributed by atoms with Gasteiger partial charge in [0, 0.05) is 24.3 Å². The topological polar surface area (TPSA) is 93.1 Å². The van der Waals surface area contributed by atoms with E-state index in [-0.39, 0.29) is 10.1 Å². The molecule has 4 aromatic rings. The van der Waals surface area contributed by atoms with E-state index in [1.54, 1.807) is 30.6 Å². The third kappa shape index (κ3) is 5.07. The second-order valence-corrected chi connectivity index (χ2v) is 10.4. The molecule has 0 aliphatic carbocycles. The van der Waals surface area contributed by atoms with Crippen molar-refractivity contribution in [2.75, 3.05) is 11.3 Å². The van der Waals surface area contributed by atoms with Gasteiger partial charge in [0.25, 0.3) is 15.9 Å². The minimum atomic E-state index is -3.70. The Morgan fingerprint density at radius 2 is 1.84 bits per heavy atom. The van der Waals surface area contributed by atoms with Crippen LogP contribution in [-0.2, 0) is 16.6 Å². The molecule has 1 amide bonds. The highest BCUT2D eigenvalue weighted by molar-refractivity contribution is 7.94. The van der Waals surface area contributed by atoms with E-state index in [0.29, 0.717) is 22.1 Å². The van der Waals surface area contributed by atoms with Crippen molar-refractivity contribution < 1.29 is 13.2 Å². The van der Waals surface area contributed by atoms with Crippen molar-refractivity contribution in [1.82, 2.24) is 14.9 Å². The first kappa shape index (κ1) is 21.4. The lowest BCUT2D eigenvalue weighted by atomic mass is 10.2. The lowest BCUT2D eigenvalue weighted by molar-refractivity contribution is 0.0953. The molecule has 31 heavy (non-hydrogen) atoms. The molecule has 7 nitrogen and oxygen atoms in total. The van der Waals surface area contributed by atoms with Crippen LogP contribution in [0.15, 0.2) is 71.2 Å². The molecule has 0 bridgehead atoms. The van der Waals surface area contributed by atoms with Gasteiger partial charge in [0.05, 0.1) is 21.7 Å². The smallest absolute Gasteiger partial charge is 0.271 e. The van der Waals surface area contributed by atoms with Crippen molar-refractivity contribution in [3.8, 4) is 0 Å². The number of aromatic nitrogens is 2. The summed E-state index contributed by atoms with van der Waals surface area (Å²) in [6.07, 6.45) is 2.56. The largest absolute Gasteiger partial charge is 0.352 e. The maximum absolute atomic E-state index is 12.4. The summed E-state index contributed by atoms with van der Waals surface area (Å²) in [4.78, 5) is 16.7. The number of rotatable bonds is 8. The summed E-state index contributed by atoms with van der Waals surface area (Å²) in [6.45, 7) is 1.26. The van der Waals surface area contributed by atoms with Gasteiger partial charge in [-0.3, -0.25) is 9.52 Å². The van der Waals surface area contributed by atoms with Crippen LogP contribution in [0.4, 0.5) is 5.69 Å². The third-order valence-corrected chi connectivity index (χ3v) is 7.71. The minimum absolute atomic E-state index is 0.130. The highest BCUT2D eigenvalue weighted by Gasteiger charge is 2.17. The first-order valence-corrected chi connectivity index (χ1v) is 12.2. The molecule has 160 valence electrons. The number of halogens is 1. The lowest BCUT2D eigenvalue weighted by Gasteiger charge is -2.09. The van der Waals surface area contributed by atoms with Crippen LogP contribution in [0.2, 0.25) is 4.34 Å². The van der Waals surface area contributed by atoms with Gasteiger partial charge in [-0.05, 0) is 55.0 Å². The van der Waals surface area contributed by atoms with Gasteiger partial charge in [-0.1, -0.05) is 23.7 Å². The Labute approximate surface area is 188 Å². The van der Waals surface area contributed by atoms with Crippen LogP contribution < -0.4 is 10.0 Å². The molecule has 2 N–H and O–H groups in total. The average molecular weight is 475 g/mol. The van der Waals surface area contributed by atoms with Gasteiger partial charge < -0.3 is 9.88 Å². The Kier molecular flexibility index (Phi) is 6.26. The Morgan fingerprint density at radius 1 is 1.06 bits per heavy atom. The number of amides is 1. The molecule has 0 aliphatic rings. The zero-order chi connectivity index (χ0) is 21.8. The number of aryl methyl sites for hydroxylation is 1. The number of hydrogen-bond acceptors (Lipinski definition) is 5. The molecule has 0 radical (unpaired) electrons. The molecule has 2 aromatic heterocycles. The number of benzene rings is 2. The molecule has 2 aromatic carbocycles. The first-order valence-electron chi connectivity index (χ1n) is 9.49. The SMILES string of the molecule is O=C(NCCCn1cnc2ccccc21)c1ccc(NS(=O)(=O)c2ccc(Cl)s2)cc1. The fourth-order valence-corrected chi connectivity index (χ4v) is 5.62. The van der Waals surface area contributed by atoms with Gasteiger partial charge in [-0.15, -0.1) is 11.3 Å². The second kappa shape index (κ2) is 9.09. The van der Waals surface area contributed by atoms with Crippen molar-refractivity contribution in [1.29, 1.82) is 0 Å². The van der Waals surface area contributed by atoms with E-state index in [4.69, 9.17) is 11.6 Å². The molecule has 0 aliphatic heterocycles. The van der Waals surface area contributed by atoms with Crippen molar-refractivity contribution in [2.24, 2.45) is 0 Å². The van der Waals surface area contributed by atoms with E-state index in [2.05, 4.69) is 19.6 Å². The van der Waals surface area contributed by atoms with Crippen molar-refractivity contribution in [2.45, 2.75) is 17.2 Å². The number of fused-ring (bicyclic) bond motifs is 1. The van der Waals surface area contributed by atoms with Crippen LogP contribution in [-0.4, -0.2) is 30.4 Å². The summed E-state index contributed by atoms with van der Waals surface area (Å²) < 4.78 is 29.7. The van der Waals surface area contributed by atoms with Crippen molar-refractivity contribution >= 4 is 55.6 Å². The third-order valence-electron chi connectivity index (χ3n) is 4.60. The standard InChI is InChI=1S/C21H19ClN4O3S2/c22-19-10-11-20(30-19)31(28,29)25-16-8-6-15(7-9-16)21(27)23-12-3-13-26-14-24-17-4-1-2-5-18(17)26/h1-2,4-11,14,25H,3,12-13H2,(H,23,27). The maximum atomic E-state index is 12.4. The summed E-state index contributed by atoms with van der Waals surface area (Å²) in [5.74, 6) is -0.213. The maximum Gasteiger partial charge on any atom is 0.271 e. The zero-order valence-corrected chi connectivity index (χ0v) is 18.7. The quantitative estimate of drug-likeness (QED) is 0.371. The van der Waals surface area contributed by atoms with Gasteiger partial charge in [0.2, 0.25) is 0 Å². The molecule has 4 rings (SSSR count). The fourth-order valence-electron chi connectivity index (χ4n) is 3.08. The van der Waals surface area contributed by atoms with Crippen molar-refractivity contribution in [3.63, 3.8) is 0 Å². The number of thiophene rings is 1. The Bertz CT molecular complexity index is 1310. The number of nitrogens with one attached hydrogen (secondary N) is 2. The highest BCUT2D eigenvalue weighted by atomic mass is 35.5. The molecule has 0 saturated carbocycles. The predicted molar refractivity (Wildman–Crippen MR) is 123 cm³/mol. The predicted octanol–water partition coefficient (Wildman–Crippen LogP) is 4.37. The number of anilines is 1. The number of hydrogen-bond donors (Lipinski definition) is 2. The highest BCUT2D eigenvalue weighted by Crippen LogP contribution is 2.27. The van der Waals surface area contributed by atoms with Crippen LogP contribution in [0.3, 0.4) is 0 Å². The molecule has 0 unspecified atom stereocenters. The molecule has 0 fully saturated rings. The molecule has 10 heteroatoms. The number of carbonyl (C=O) groups excluding carboxylic acids is 1. The van der Waals surface area contributed by atoms with Crippen LogP contribution in [0.1, 0.15) is 16.8 Å². The van der Waals surface area contributed by atoms with Gasteiger partial charge in [-0.2, -0.15) is 0 Å².